The minimum absolute atomic E-state index is 0.0438. The predicted octanol–water partition coefficient (Wildman–Crippen LogP) is 3.28. The molecule has 2 saturated heterocycles. The van der Waals surface area contributed by atoms with Gasteiger partial charge in [-0.3, -0.25) is 14.5 Å². The molecule has 27 heavy (non-hydrogen) atoms. The molecule has 2 atom stereocenters. The van der Waals surface area contributed by atoms with Crippen molar-refractivity contribution in [1.82, 2.24) is 9.80 Å². The fraction of sp³-hybridized carbons (Fsp3) is 0.619. The van der Waals surface area contributed by atoms with Gasteiger partial charge >= 0.3 is 5.97 Å². The molecule has 1 aromatic carbocycles. The quantitative estimate of drug-likeness (QED) is 0.828. The summed E-state index contributed by atoms with van der Waals surface area (Å²) in [5, 5.41) is 8.98. The van der Waals surface area contributed by atoms with Crippen molar-refractivity contribution >= 4 is 11.9 Å². The first-order valence-corrected chi connectivity index (χ1v) is 10.0. The summed E-state index contributed by atoms with van der Waals surface area (Å²) >= 11 is 0. The molecule has 5 nitrogen and oxygen atoms in total. The van der Waals surface area contributed by atoms with E-state index >= 15 is 0 Å². The Labute approximate surface area is 160 Å². The van der Waals surface area contributed by atoms with E-state index in [2.05, 4.69) is 4.90 Å². The molecule has 1 N–H and O–H groups in total. The van der Waals surface area contributed by atoms with Gasteiger partial charge in [0.25, 0.3) is 0 Å². The number of hydrogen-bond acceptors (Lipinski definition) is 3. The third-order valence-electron chi connectivity index (χ3n) is 5.75. The molecule has 0 bridgehead atoms. The molecular weight excluding hydrogens is 347 g/mol. The fourth-order valence-electron chi connectivity index (χ4n) is 4.41. The van der Waals surface area contributed by atoms with E-state index in [0.717, 1.165) is 50.8 Å². The summed E-state index contributed by atoms with van der Waals surface area (Å²) in [5.41, 5.74) is 0.931. The Morgan fingerprint density at radius 2 is 2.00 bits per heavy atom. The minimum atomic E-state index is -0.799. The number of hydrogen-bond donors (Lipinski definition) is 1. The van der Waals surface area contributed by atoms with Crippen molar-refractivity contribution in [3.05, 3.63) is 35.6 Å². The number of aliphatic carboxylic acids is 1. The molecule has 6 heteroatoms. The van der Waals surface area contributed by atoms with Gasteiger partial charge in [-0.1, -0.05) is 12.1 Å². The van der Waals surface area contributed by atoms with Crippen molar-refractivity contribution in [2.75, 3.05) is 19.6 Å². The van der Waals surface area contributed by atoms with E-state index in [1.54, 1.807) is 12.1 Å². The molecule has 1 aromatic rings. The van der Waals surface area contributed by atoms with Gasteiger partial charge in [-0.05, 0) is 62.8 Å². The Bertz CT molecular complexity index is 667. The molecular formula is C21H29FN2O3. The van der Waals surface area contributed by atoms with Gasteiger partial charge in [0.2, 0.25) is 5.91 Å². The SMILES string of the molecule is O=C(O)CCC1CCCCN1C(=O)C1CCCN(Cc2cccc(F)c2)C1. The Kier molecular flexibility index (Phi) is 6.83. The summed E-state index contributed by atoms with van der Waals surface area (Å²) in [5.74, 6) is -0.898. The predicted molar refractivity (Wildman–Crippen MR) is 101 cm³/mol. The molecule has 1 amide bonds. The second-order valence-corrected chi connectivity index (χ2v) is 7.82. The highest BCUT2D eigenvalue weighted by molar-refractivity contribution is 5.79. The summed E-state index contributed by atoms with van der Waals surface area (Å²) in [6.07, 6.45) is 5.45. The van der Waals surface area contributed by atoms with Crippen molar-refractivity contribution in [3.63, 3.8) is 0 Å². The second-order valence-electron chi connectivity index (χ2n) is 7.82. The molecule has 2 aliphatic rings. The maximum atomic E-state index is 13.4. The number of nitrogens with zero attached hydrogens (tertiary/aromatic N) is 2. The molecule has 0 aliphatic carbocycles. The second kappa shape index (κ2) is 9.31. The van der Waals surface area contributed by atoms with Crippen LogP contribution in [0.2, 0.25) is 0 Å². The summed E-state index contributed by atoms with van der Waals surface area (Å²) in [6.45, 7) is 3.01. The van der Waals surface area contributed by atoms with Gasteiger partial charge in [-0.15, -0.1) is 0 Å². The Balaban J connectivity index is 1.60. The zero-order chi connectivity index (χ0) is 19.2. The molecule has 0 spiro atoms. The molecule has 2 aliphatic heterocycles. The van der Waals surface area contributed by atoms with E-state index in [0.29, 0.717) is 19.5 Å². The minimum Gasteiger partial charge on any atom is -0.481 e. The van der Waals surface area contributed by atoms with Crippen LogP contribution in [0.15, 0.2) is 24.3 Å². The molecule has 2 unspecified atom stereocenters. The largest absolute Gasteiger partial charge is 0.481 e. The molecule has 0 aromatic heterocycles. The average Bonchev–Trinajstić information content (AvgIpc) is 2.66. The molecule has 3 rings (SSSR count). The third kappa shape index (κ3) is 5.51. The fourth-order valence-corrected chi connectivity index (χ4v) is 4.41. The number of carboxylic acids is 1. The van der Waals surface area contributed by atoms with E-state index < -0.39 is 5.97 Å². The van der Waals surface area contributed by atoms with E-state index in [1.165, 1.54) is 6.07 Å². The van der Waals surface area contributed by atoms with Crippen molar-refractivity contribution in [3.8, 4) is 0 Å². The van der Waals surface area contributed by atoms with E-state index in [1.807, 2.05) is 11.0 Å². The maximum absolute atomic E-state index is 13.4. The van der Waals surface area contributed by atoms with E-state index in [9.17, 15) is 14.0 Å². The van der Waals surface area contributed by atoms with Crippen LogP contribution < -0.4 is 0 Å². The van der Waals surface area contributed by atoms with Crippen LogP contribution in [0, 0.1) is 11.7 Å². The number of carbonyl (C=O) groups excluding carboxylic acids is 1. The lowest BCUT2D eigenvalue weighted by atomic mass is 9.92. The highest BCUT2D eigenvalue weighted by Crippen LogP contribution is 2.27. The van der Waals surface area contributed by atoms with Gasteiger partial charge in [0.05, 0.1) is 5.92 Å². The number of piperidine rings is 2. The topological polar surface area (TPSA) is 60.9 Å². The first kappa shape index (κ1) is 19.8. The third-order valence-corrected chi connectivity index (χ3v) is 5.75. The normalized spacial score (nSPS) is 24.0. The van der Waals surface area contributed by atoms with Crippen LogP contribution in [-0.2, 0) is 16.1 Å². The number of likely N-dealkylation sites (tertiary alicyclic amines) is 2. The van der Waals surface area contributed by atoms with E-state index in [-0.39, 0.29) is 30.1 Å². The Morgan fingerprint density at radius 1 is 1.15 bits per heavy atom. The van der Waals surface area contributed by atoms with Gasteiger partial charge in [0.1, 0.15) is 5.82 Å². The zero-order valence-electron chi connectivity index (χ0n) is 15.8. The highest BCUT2D eigenvalue weighted by atomic mass is 19.1. The highest BCUT2D eigenvalue weighted by Gasteiger charge is 2.34. The zero-order valence-corrected chi connectivity index (χ0v) is 15.8. The van der Waals surface area contributed by atoms with Gasteiger partial charge in [0.15, 0.2) is 0 Å². The van der Waals surface area contributed by atoms with Crippen LogP contribution >= 0.6 is 0 Å². The van der Waals surface area contributed by atoms with Crippen LogP contribution in [0.3, 0.4) is 0 Å². The Hall–Kier alpha value is -1.95. The first-order chi connectivity index (χ1) is 13.0. The van der Waals surface area contributed by atoms with Crippen LogP contribution in [-0.4, -0.2) is 52.5 Å². The monoisotopic (exact) mass is 376 g/mol. The van der Waals surface area contributed by atoms with Gasteiger partial charge < -0.3 is 10.0 Å². The number of halogens is 1. The van der Waals surface area contributed by atoms with Crippen LogP contribution in [0.25, 0.3) is 0 Å². The summed E-state index contributed by atoms with van der Waals surface area (Å²) in [4.78, 5) is 28.3. The molecule has 2 heterocycles. The number of amides is 1. The number of benzene rings is 1. The Morgan fingerprint density at radius 3 is 2.78 bits per heavy atom. The van der Waals surface area contributed by atoms with E-state index in [4.69, 9.17) is 5.11 Å². The number of carbonyl (C=O) groups is 2. The van der Waals surface area contributed by atoms with Crippen LogP contribution in [0.4, 0.5) is 4.39 Å². The summed E-state index contributed by atoms with van der Waals surface area (Å²) < 4.78 is 13.4. The van der Waals surface area contributed by atoms with Gasteiger partial charge in [0, 0.05) is 32.1 Å². The number of carboxylic acid groups (broad SMARTS) is 1. The van der Waals surface area contributed by atoms with Crippen molar-refractivity contribution in [2.45, 2.75) is 57.5 Å². The molecule has 0 saturated carbocycles. The van der Waals surface area contributed by atoms with Gasteiger partial charge in [-0.25, -0.2) is 4.39 Å². The van der Waals surface area contributed by atoms with Crippen molar-refractivity contribution < 1.29 is 19.1 Å². The number of rotatable bonds is 6. The maximum Gasteiger partial charge on any atom is 0.303 e. The molecule has 2 fully saturated rings. The average molecular weight is 376 g/mol. The standard InChI is InChI=1S/C21H29FN2O3/c22-18-7-3-5-16(13-18)14-23-11-4-6-17(15-23)21(27)24-12-2-1-8-19(24)9-10-20(25)26/h3,5,7,13,17,19H,1-2,4,6,8-12,14-15H2,(H,25,26). The smallest absolute Gasteiger partial charge is 0.303 e. The molecule has 0 radical (unpaired) electrons. The van der Waals surface area contributed by atoms with Gasteiger partial charge in [-0.2, -0.15) is 0 Å². The summed E-state index contributed by atoms with van der Waals surface area (Å²) in [6, 6.07) is 6.69. The lowest BCUT2D eigenvalue weighted by Crippen LogP contribution is -2.50. The van der Waals surface area contributed by atoms with Crippen molar-refractivity contribution in [1.29, 1.82) is 0 Å². The summed E-state index contributed by atoms with van der Waals surface area (Å²) in [7, 11) is 0. The van der Waals surface area contributed by atoms with Crippen molar-refractivity contribution in [2.24, 2.45) is 5.92 Å². The molecule has 148 valence electrons. The van der Waals surface area contributed by atoms with Crippen LogP contribution in [0.1, 0.15) is 50.5 Å². The van der Waals surface area contributed by atoms with Crippen LogP contribution in [0.5, 0.6) is 0 Å². The lowest BCUT2D eigenvalue weighted by molar-refractivity contribution is -0.143. The first-order valence-electron chi connectivity index (χ1n) is 10.0. The lowest BCUT2D eigenvalue weighted by Gasteiger charge is -2.40.